The van der Waals surface area contributed by atoms with Crippen LogP contribution in [0.2, 0.25) is 0 Å². The Hall–Kier alpha value is -2.49. The summed E-state index contributed by atoms with van der Waals surface area (Å²) in [5, 5.41) is 32.1. The van der Waals surface area contributed by atoms with E-state index in [1.807, 2.05) is 0 Å². The average molecular weight is 192 g/mol. The second kappa shape index (κ2) is 3.95. The summed E-state index contributed by atoms with van der Waals surface area (Å²) in [5.74, 6) is 0. The molecule has 0 fully saturated rings. The van der Waals surface area contributed by atoms with Gasteiger partial charge in [-0.1, -0.05) is 0 Å². The highest BCUT2D eigenvalue weighted by atomic mass is 16.6. The maximum absolute atomic E-state index is 10.9. The molecular weight excluding hydrogens is 188 g/mol. The van der Waals surface area contributed by atoms with Gasteiger partial charge in [0.1, 0.15) is 0 Å². The van der Waals surface area contributed by atoms with Crippen LogP contribution in [0.3, 0.4) is 0 Å². The standard InChI is InChI=1S/C7H4N4O3/c8-5-9-10(12)6-1-3-7(4-2-6)11(13)14/h1-4H. The van der Waals surface area contributed by atoms with Crippen LogP contribution in [0.4, 0.5) is 11.4 Å². The van der Waals surface area contributed by atoms with Crippen molar-refractivity contribution in [2.75, 3.05) is 0 Å². The average Bonchev–Trinajstić information content (AvgIpc) is 2.18. The number of non-ortho nitro benzene ring substituents is 1. The van der Waals surface area contributed by atoms with Crippen molar-refractivity contribution in [3.05, 3.63) is 39.6 Å². The molecule has 70 valence electrons. The van der Waals surface area contributed by atoms with Crippen LogP contribution in [0.15, 0.2) is 29.4 Å². The molecule has 0 aliphatic heterocycles. The molecule has 0 unspecified atom stereocenters. The Balaban J connectivity index is 3.01. The number of hydrogen-bond donors (Lipinski definition) is 0. The van der Waals surface area contributed by atoms with Gasteiger partial charge in [0, 0.05) is 24.3 Å². The number of nitro groups is 1. The van der Waals surface area contributed by atoms with Gasteiger partial charge >= 0.3 is 0 Å². The first-order chi connectivity index (χ1) is 6.65. The summed E-state index contributed by atoms with van der Waals surface area (Å²) in [4.78, 5) is 9.75. The lowest BCUT2D eigenvalue weighted by atomic mass is 10.3. The first-order valence-electron chi connectivity index (χ1n) is 3.46. The molecule has 0 saturated heterocycles. The van der Waals surface area contributed by atoms with Crippen LogP contribution in [-0.2, 0) is 0 Å². The van der Waals surface area contributed by atoms with Crippen LogP contribution in [0, 0.1) is 26.8 Å². The molecule has 1 aromatic carbocycles. The predicted octanol–water partition coefficient (Wildman–Crippen LogP) is 1.67. The monoisotopic (exact) mass is 192 g/mol. The SMILES string of the molecule is N#CN=[N+]([O-])c1ccc([N+](=O)[O-])cc1. The molecule has 14 heavy (non-hydrogen) atoms. The molecule has 7 nitrogen and oxygen atoms in total. The lowest BCUT2D eigenvalue weighted by Crippen LogP contribution is -1.91. The highest BCUT2D eigenvalue weighted by Gasteiger charge is 2.08. The molecule has 0 bridgehead atoms. The van der Waals surface area contributed by atoms with Gasteiger partial charge in [0.25, 0.3) is 11.9 Å². The normalized spacial score (nSPS) is 10.6. The maximum atomic E-state index is 10.9. The fourth-order valence-corrected chi connectivity index (χ4v) is 0.800. The highest BCUT2D eigenvalue weighted by Crippen LogP contribution is 2.17. The molecule has 0 radical (unpaired) electrons. The largest absolute Gasteiger partial charge is 0.593 e. The van der Waals surface area contributed by atoms with Crippen molar-refractivity contribution in [1.82, 2.24) is 0 Å². The molecule has 0 atom stereocenters. The number of nitriles is 1. The third kappa shape index (κ3) is 2.01. The van der Waals surface area contributed by atoms with Crippen molar-refractivity contribution < 1.29 is 9.78 Å². The van der Waals surface area contributed by atoms with E-state index >= 15 is 0 Å². The van der Waals surface area contributed by atoms with Gasteiger partial charge in [-0.2, -0.15) is 5.26 Å². The van der Waals surface area contributed by atoms with Gasteiger partial charge in [-0.25, -0.2) is 0 Å². The second-order valence-corrected chi connectivity index (χ2v) is 2.25. The van der Waals surface area contributed by atoms with E-state index in [1.54, 1.807) is 0 Å². The smallest absolute Gasteiger partial charge is 0.274 e. The molecule has 0 aromatic heterocycles. The second-order valence-electron chi connectivity index (χ2n) is 2.25. The van der Waals surface area contributed by atoms with E-state index < -0.39 is 4.92 Å². The molecule has 1 rings (SSSR count). The minimum Gasteiger partial charge on any atom is -0.593 e. The Morgan fingerprint density at radius 3 is 2.14 bits per heavy atom. The van der Waals surface area contributed by atoms with Crippen LogP contribution in [0.5, 0.6) is 0 Å². The molecule has 0 aliphatic rings. The topological polar surface area (TPSA) is 105 Å². The Morgan fingerprint density at radius 2 is 1.71 bits per heavy atom. The third-order valence-corrected chi connectivity index (χ3v) is 1.42. The summed E-state index contributed by atoms with van der Waals surface area (Å²) in [7, 11) is 0. The molecule has 0 amide bonds. The van der Waals surface area contributed by atoms with Crippen molar-refractivity contribution in [3.8, 4) is 6.19 Å². The molecule has 1 aromatic rings. The van der Waals surface area contributed by atoms with Crippen LogP contribution in [0.1, 0.15) is 0 Å². The molecular formula is C7H4N4O3. The minimum absolute atomic E-state index is 0.0668. The molecule has 7 heteroatoms. The van der Waals surface area contributed by atoms with Crippen LogP contribution >= 0.6 is 0 Å². The number of benzene rings is 1. The molecule has 0 N–H and O–H groups in total. The van der Waals surface area contributed by atoms with Gasteiger partial charge in [0.05, 0.1) is 10.0 Å². The van der Waals surface area contributed by atoms with Crippen molar-refractivity contribution in [2.24, 2.45) is 5.11 Å². The Morgan fingerprint density at radius 1 is 1.21 bits per heavy atom. The zero-order chi connectivity index (χ0) is 10.6. The van der Waals surface area contributed by atoms with Crippen LogP contribution < -0.4 is 0 Å². The van der Waals surface area contributed by atoms with E-state index in [1.165, 1.54) is 18.3 Å². The van der Waals surface area contributed by atoms with E-state index in [0.717, 1.165) is 12.1 Å². The van der Waals surface area contributed by atoms with Gasteiger partial charge < -0.3 is 5.21 Å². The fourth-order valence-electron chi connectivity index (χ4n) is 0.800. The third-order valence-electron chi connectivity index (χ3n) is 1.42. The number of hydrogen-bond acceptors (Lipinski definition) is 5. The predicted molar refractivity (Wildman–Crippen MR) is 44.4 cm³/mol. The van der Waals surface area contributed by atoms with Crippen molar-refractivity contribution >= 4 is 11.4 Å². The van der Waals surface area contributed by atoms with E-state index in [4.69, 9.17) is 5.26 Å². The van der Waals surface area contributed by atoms with Crippen molar-refractivity contribution in [1.29, 1.82) is 5.26 Å². The summed E-state index contributed by atoms with van der Waals surface area (Å²) in [5.41, 5.74) is -0.0590. The molecule has 0 heterocycles. The number of rotatable bonds is 2. The lowest BCUT2D eigenvalue weighted by Gasteiger charge is -1.95. The van der Waals surface area contributed by atoms with E-state index in [2.05, 4.69) is 5.11 Å². The van der Waals surface area contributed by atoms with Crippen molar-refractivity contribution in [2.45, 2.75) is 0 Å². The zero-order valence-corrected chi connectivity index (χ0v) is 6.82. The van der Waals surface area contributed by atoms with Gasteiger partial charge in [-0.05, 0) is 4.86 Å². The van der Waals surface area contributed by atoms with E-state index in [9.17, 15) is 15.3 Å². The van der Waals surface area contributed by atoms with E-state index in [-0.39, 0.29) is 16.2 Å². The van der Waals surface area contributed by atoms with Gasteiger partial charge in [0.15, 0.2) is 0 Å². The molecule has 0 saturated carbocycles. The summed E-state index contributed by atoms with van der Waals surface area (Å²) >= 11 is 0. The van der Waals surface area contributed by atoms with Crippen LogP contribution in [-0.4, -0.2) is 9.78 Å². The fraction of sp³-hybridized carbons (Fsp3) is 0. The van der Waals surface area contributed by atoms with Gasteiger partial charge in [-0.3, -0.25) is 10.1 Å². The lowest BCUT2D eigenvalue weighted by molar-refractivity contribution is -0.435. The van der Waals surface area contributed by atoms with Crippen LogP contribution in [0.25, 0.3) is 0 Å². The molecule has 0 spiro atoms. The Kier molecular flexibility index (Phi) is 2.71. The van der Waals surface area contributed by atoms with Gasteiger partial charge in [0.2, 0.25) is 5.69 Å². The quantitative estimate of drug-likeness (QED) is 0.233. The minimum atomic E-state index is -0.583. The highest BCUT2D eigenvalue weighted by molar-refractivity contribution is 5.39. The number of nitro benzene ring substituents is 1. The van der Waals surface area contributed by atoms with Gasteiger partial charge in [-0.15, -0.1) is 0 Å². The first-order valence-corrected chi connectivity index (χ1v) is 3.46. The maximum Gasteiger partial charge on any atom is 0.274 e. The summed E-state index contributed by atoms with van der Waals surface area (Å²) in [6.07, 6.45) is 1.31. The summed E-state index contributed by atoms with van der Waals surface area (Å²) in [6.45, 7) is 0. The van der Waals surface area contributed by atoms with Crippen molar-refractivity contribution in [3.63, 3.8) is 0 Å². The zero-order valence-electron chi connectivity index (χ0n) is 6.82. The number of nitrogens with zero attached hydrogens (tertiary/aromatic N) is 4. The van der Waals surface area contributed by atoms with E-state index in [0.29, 0.717) is 0 Å². The number of azo groups is 1. The Bertz CT molecular complexity index is 418. The Labute approximate surface area is 78.2 Å². The molecule has 0 aliphatic carbocycles. The first kappa shape index (κ1) is 9.60. The summed E-state index contributed by atoms with van der Waals surface area (Å²) in [6, 6.07) is 4.75. The summed E-state index contributed by atoms with van der Waals surface area (Å²) < 4.78 is 0.